The van der Waals surface area contributed by atoms with Gasteiger partial charge in [-0.15, -0.1) is 0 Å². The summed E-state index contributed by atoms with van der Waals surface area (Å²) < 4.78 is 22.4. The Morgan fingerprint density at radius 3 is 2.10 bits per heavy atom. The number of carbonyl (C=O) groups is 2. The van der Waals surface area contributed by atoms with Gasteiger partial charge in [0.05, 0.1) is 31.3 Å². The summed E-state index contributed by atoms with van der Waals surface area (Å²) in [4.78, 5) is 27.6. The first-order valence-electron chi connectivity index (χ1n) is 14.1. The minimum absolute atomic E-state index is 0.0154. The van der Waals surface area contributed by atoms with E-state index >= 15 is 0 Å². The Hall–Kier alpha value is -3.23. The number of aliphatic hydroxyl groups is 1. The second-order valence-electron chi connectivity index (χ2n) is 12.8. The molecule has 3 atom stereocenters. The fraction of sp³-hybridized carbons (Fsp3) is 0.515. The largest absolute Gasteiger partial charge is 0.493 e. The molecule has 42 heavy (non-hydrogen) atoms. The van der Waals surface area contributed by atoms with Gasteiger partial charge in [-0.05, 0) is 90.3 Å². The molecule has 1 aliphatic carbocycles. The van der Waals surface area contributed by atoms with Gasteiger partial charge in [0.1, 0.15) is 11.2 Å². The third-order valence-corrected chi connectivity index (χ3v) is 7.13. The fourth-order valence-electron chi connectivity index (χ4n) is 5.20. The van der Waals surface area contributed by atoms with Crippen LogP contribution in [0.5, 0.6) is 11.5 Å². The molecule has 1 aliphatic rings. The van der Waals surface area contributed by atoms with E-state index in [0.29, 0.717) is 40.7 Å². The number of methoxy groups -OCH3 is 2. The van der Waals surface area contributed by atoms with Crippen molar-refractivity contribution in [3.8, 4) is 11.5 Å². The topological polar surface area (TPSA) is 103 Å². The predicted molar refractivity (Wildman–Crippen MR) is 163 cm³/mol. The maximum absolute atomic E-state index is 13.9. The van der Waals surface area contributed by atoms with Crippen molar-refractivity contribution < 1.29 is 33.6 Å². The van der Waals surface area contributed by atoms with Crippen LogP contribution in [0.1, 0.15) is 71.9 Å². The maximum Gasteiger partial charge on any atom is 0.336 e. The summed E-state index contributed by atoms with van der Waals surface area (Å²) >= 11 is 6.20. The minimum Gasteiger partial charge on any atom is -0.493 e. The Morgan fingerprint density at radius 1 is 0.952 bits per heavy atom. The average molecular weight is 602 g/mol. The van der Waals surface area contributed by atoms with E-state index in [2.05, 4.69) is 5.32 Å². The molecule has 2 N–H and O–H groups in total. The molecule has 0 saturated carbocycles. The summed E-state index contributed by atoms with van der Waals surface area (Å²) in [6, 6.07) is 12.6. The van der Waals surface area contributed by atoms with Crippen LogP contribution in [0.15, 0.2) is 53.7 Å². The molecule has 8 nitrogen and oxygen atoms in total. The summed E-state index contributed by atoms with van der Waals surface area (Å²) in [6.45, 7) is 12.7. The highest BCUT2D eigenvalue weighted by molar-refractivity contribution is 6.30. The van der Waals surface area contributed by atoms with Crippen LogP contribution in [0.3, 0.4) is 0 Å². The molecule has 0 spiro atoms. The van der Waals surface area contributed by atoms with E-state index in [1.165, 1.54) is 0 Å². The van der Waals surface area contributed by atoms with Crippen molar-refractivity contribution in [2.75, 3.05) is 20.8 Å². The number of carbonyl (C=O) groups excluding carboxylic acids is 2. The van der Waals surface area contributed by atoms with Crippen LogP contribution in [0.4, 0.5) is 0 Å². The second kappa shape index (κ2) is 13.0. The molecule has 0 saturated heterocycles. The molecule has 0 amide bonds. The first-order valence-corrected chi connectivity index (χ1v) is 14.5. The van der Waals surface area contributed by atoms with Gasteiger partial charge in [-0.1, -0.05) is 29.8 Å². The smallest absolute Gasteiger partial charge is 0.336 e. The summed E-state index contributed by atoms with van der Waals surface area (Å²) in [7, 11) is 3.17. The van der Waals surface area contributed by atoms with Crippen LogP contribution < -0.4 is 14.8 Å². The average Bonchev–Trinajstić information content (AvgIpc) is 2.85. The fourth-order valence-corrected chi connectivity index (χ4v) is 5.32. The van der Waals surface area contributed by atoms with Crippen LogP contribution in [0.25, 0.3) is 0 Å². The zero-order valence-electron chi connectivity index (χ0n) is 26.1. The van der Waals surface area contributed by atoms with Gasteiger partial charge < -0.3 is 29.4 Å². The molecular weight excluding hydrogens is 558 g/mol. The monoisotopic (exact) mass is 601 g/mol. The van der Waals surface area contributed by atoms with Gasteiger partial charge in [0.2, 0.25) is 0 Å². The van der Waals surface area contributed by atoms with Gasteiger partial charge in [0.15, 0.2) is 11.5 Å². The molecule has 0 aromatic heterocycles. The van der Waals surface area contributed by atoms with Crippen molar-refractivity contribution >= 4 is 23.5 Å². The first kappa shape index (κ1) is 33.3. The molecule has 0 heterocycles. The summed E-state index contributed by atoms with van der Waals surface area (Å²) in [5, 5.41) is 15.8. The molecule has 0 radical (unpaired) electrons. The van der Waals surface area contributed by atoms with Gasteiger partial charge in [-0.2, -0.15) is 0 Å². The maximum atomic E-state index is 13.9. The van der Waals surface area contributed by atoms with E-state index in [1.807, 2.05) is 18.2 Å². The number of halogens is 1. The number of ether oxygens (including phenoxy) is 4. The van der Waals surface area contributed by atoms with E-state index in [1.54, 1.807) is 87.0 Å². The quantitative estimate of drug-likeness (QED) is 0.338. The lowest BCUT2D eigenvalue weighted by Gasteiger charge is -2.44. The Kier molecular flexibility index (Phi) is 10.3. The Balaban J connectivity index is 2.11. The van der Waals surface area contributed by atoms with Gasteiger partial charge in [0.25, 0.3) is 0 Å². The van der Waals surface area contributed by atoms with Crippen LogP contribution in [0.2, 0.25) is 5.02 Å². The number of hydrogen-bond donors (Lipinski definition) is 2. The van der Waals surface area contributed by atoms with Crippen molar-refractivity contribution in [2.45, 2.75) is 84.0 Å². The normalized spacial score (nSPS) is 21.0. The van der Waals surface area contributed by atoms with Gasteiger partial charge in [0, 0.05) is 29.6 Å². The molecule has 0 unspecified atom stereocenters. The number of nitrogens with one attached hydrogen (secondary N) is 1. The van der Waals surface area contributed by atoms with E-state index < -0.39 is 40.6 Å². The van der Waals surface area contributed by atoms with Gasteiger partial charge in [-0.25, -0.2) is 4.79 Å². The van der Waals surface area contributed by atoms with Crippen molar-refractivity contribution in [1.82, 2.24) is 5.32 Å². The standard InChI is InChI=1S/C33H44ClNO7/c1-31(2,3)41-29(36)27-23(35-17-16-20-10-15-24(39-8)25(18-20)40-9)19-33(7,38)28(30(37)42-32(4,5)6)26(27)21-11-13-22(34)14-12-21/h10-15,18,26,28,35,38H,16-17,19H2,1-9H3/t26-,28-,33-/m1/s1. The minimum atomic E-state index is -1.55. The summed E-state index contributed by atoms with van der Waals surface area (Å²) in [5.74, 6) is -1.87. The zero-order chi connectivity index (χ0) is 31.5. The lowest BCUT2D eigenvalue weighted by Crippen LogP contribution is -2.52. The molecule has 230 valence electrons. The highest BCUT2D eigenvalue weighted by Crippen LogP contribution is 2.48. The van der Waals surface area contributed by atoms with E-state index in [-0.39, 0.29) is 12.0 Å². The highest BCUT2D eigenvalue weighted by Gasteiger charge is 2.53. The molecule has 2 aromatic rings. The molecule has 0 bridgehead atoms. The SMILES string of the molecule is COc1ccc(CCNC2=C(C(=O)OC(C)(C)C)[C@@H](c3ccc(Cl)cc3)[C@H](C(=O)OC(C)(C)C)[C@](C)(O)C2)cc1OC. The van der Waals surface area contributed by atoms with Gasteiger partial charge >= 0.3 is 11.9 Å². The number of hydrogen-bond acceptors (Lipinski definition) is 8. The van der Waals surface area contributed by atoms with Crippen molar-refractivity contribution in [3.63, 3.8) is 0 Å². The lowest BCUT2D eigenvalue weighted by atomic mass is 9.65. The van der Waals surface area contributed by atoms with E-state index in [0.717, 1.165) is 5.56 Å². The molecule has 0 aliphatic heterocycles. The molecule has 9 heteroatoms. The Labute approximate surface area is 254 Å². The summed E-state index contributed by atoms with van der Waals surface area (Å²) in [5.41, 5.74) is -0.731. The highest BCUT2D eigenvalue weighted by atomic mass is 35.5. The third-order valence-electron chi connectivity index (χ3n) is 6.88. The van der Waals surface area contributed by atoms with Gasteiger partial charge in [-0.3, -0.25) is 4.79 Å². The molecular formula is C33H44ClNO7. The van der Waals surface area contributed by atoms with Crippen molar-refractivity contribution in [2.24, 2.45) is 5.92 Å². The summed E-state index contributed by atoms with van der Waals surface area (Å²) in [6.07, 6.45) is 0.607. The molecule has 3 rings (SSSR count). The zero-order valence-corrected chi connectivity index (χ0v) is 26.8. The van der Waals surface area contributed by atoms with Crippen LogP contribution >= 0.6 is 11.6 Å². The first-order chi connectivity index (χ1) is 19.5. The number of benzene rings is 2. The third kappa shape index (κ3) is 8.42. The predicted octanol–water partition coefficient (Wildman–Crippen LogP) is 5.98. The Morgan fingerprint density at radius 2 is 1.55 bits per heavy atom. The second-order valence-corrected chi connectivity index (χ2v) is 13.3. The van der Waals surface area contributed by atoms with E-state index in [4.69, 9.17) is 30.5 Å². The molecule has 2 aromatic carbocycles. The Bertz CT molecular complexity index is 1300. The van der Waals surface area contributed by atoms with Crippen LogP contribution in [-0.4, -0.2) is 54.6 Å². The molecule has 0 fully saturated rings. The van der Waals surface area contributed by atoms with Crippen molar-refractivity contribution in [1.29, 1.82) is 0 Å². The number of esters is 2. The van der Waals surface area contributed by atoms with Crippen LogP contribution in [-0.2, 0) is 25.5 Å². The number of rotatable bonds is 9. The lowest BCUT2D eigenvalue weighted by molar-refractivity contribution is -0.171. The van der Waals surface area contributed by atoms with Crippen molar-refractivity contribution in [3.05, 3.63) is 69.9 Å². The van der Waals surface area contributed by atoms with Crippen LogP contribution in [0, 0.1) is 5.92 Å². The van der Waals surface area contributed by atoms with E-state index in [9.17, 15) is 14.7 Å².